The van der Waals surface area contributed by atoms with Crippen molar-refractivity contribution in [2.24, 2.45) is 0 Å². The molecule has 0 saturated carbocycles. The van der Waals surface area contributed by atoms with Crippen molar-refractivity contribution >= 4 is 6.08 Å². The van der Waals surface area contributed by atoms with E-state index in [1.54, 1.807) is 0 Å². The van der Waals surface area contributed by atoms with Gasteiger partial charge in [-0.05, 0) is 18.1 Å². The van der Waals surface area contributed by atoms with E-state index in [4.69, 9.17) is 0 Å². The van der Waals surface area contributed by atoms with Crippen LogP contribution in [0.15, 0.2) is 43.0 Å². The zero-order chi connectivity index (χ0) is 7.94. The number of rotatable bonds is 3. The van der Waals surface area contributed by atoms with E-state index < -0.39 is 0 Å². The molecule has 0 aliphatic rings. The van der Waals surface area contributed by atoms with Crippen LogP contribution in [0.1, 0.15) is 12.0 Å². The Balaban J connectivity index is 2.57. The van der Waals surface area contributed by atoms with Crippen LogP contribution >= 0.6 is 0 Å². The van der Waals surface area contributed by atoms with Gasteiger partial charge in [-0.2, -0.15) is 0 Å². The molecule has 0 N–H and O–H groups in total. The number of hydrogen-bond acceptors (Lipinski definition) is 0. The first kappa shape index (κ1) is 7.80. The summed E-state index contributed by atoms with van der Waals surface area (Å²) in [6.07, 6.45) is 7.73. The molecule has 1 radical (unpaired) electrons. The molecule has 1 aromatic carbocycles. The smallest absolute Gasteiger partial charge is 0.00971 e. The largest absolute Gasteiger partial charge is 0.103 e. The van der Waals surface area contributed by atoms with Gasteiger partial charge in [0.1, 0.15) is 0 Å². The molecule has 0 aromatic heterocycles. The van der Waals surface area contributed by atoms with Crippen molar-refractivity contribution in [3.8, 4) is 0 Å². The van der Waals surface area contributed by atoms with Crippen LogP contribution in [0, 0.1) is 6.08 Å². The van der Waals surface area contributed by atoms with Gasteiger partial charge >= 0.3 is 0 Å². The van der Waals surface area contributed by atoms with E-state index in [0.717, 1.165) is 6.42 Å². The lowest BCUT2D eigenvalue weighted by Gasteiger charge is -1.88. The Kier molecular flexibility index (Phi) is 3.20. The molecule has 0 atom stereocenters. The molecule has 0 heterocycles. The summed E-state index contributed by atoms with van der Waals surface area (Å²) in [7, 11) is 0. The molecule has 0 bridgehead atoms. The molecule has 0 nitrogen and oxygen atoms in total. The zero-order valence-electron chi connectivity index (χ0n) is 6.46. The van der Waals surface area contributed by atoms with Gasteiger partial charge in [-0.1, -0.05) is 42.5 Å². The van der Waals surface area contributed by atoms with Crippen LogP contribution in [0.5, 0.6) is 0 Å². The summed E-state index contributed by atoms with van der Waals surface area (Å²) in [4.78, 5) is 0. The van der Waals surface area contributed by atoms with Gasteiger partial charge in [-0.25, -0.2) is 0 Å². The Labute approximate surface area is 67.9 Å². The predicted molar refractivity (Wildman–Crippen MR) is 49.0 cm³/mol. The molecule has 0 saturated heterocycles. The lowest BCUT2D eigenvalue weighted by Crippen LogP contribution is -1.67. The fourth-order valence-corrected chi connectivity index (χ4v) is 0.809. The Morgan fingerprint density at radius 3 is 2.64 bits per heavy atom. The van der Waals surface area contributed by atoms with E-state index in [-0.39, 0.29) is 0 Å². The molecule has 0 unspecified atom stereocenters. The SMILES string of the molecule is C=CC/[C]=C/c1ccccc1. The number of allylic oxidation sites excluding steroid dienone is 2. The third-order valence-electron chi connectivity index (χ3n) is 1.33. The van der Waals surface area contributed by atoms with Crippen molar-refractivity contribution in [3.63, 3.8) is 0 Å². The summed E-state index contributed by atoms with van der Waals surface area (Å²) in [5.74, 6) is 0. The predicted octanol–water partition coefficient (Wildman–Crippen LogP) is 3.08. The lowest BCUT2D eigenvalue weighted by molar-refractivity contribution is 1.37. The van der Waals surface area contributed by atoms with Crippen LogP contribution in [0.2, 0.25) is 0 Å². The molecule has 0 heteroatoms. The van der Waals surface area contributed by atoms with Crippen LogP contribution < -0.4 is 0 Å². The normalized spacial score (nSPS) is 10.2. The molecule has 0 amide bonds. The van der Waals surface area contributed by atoms with E-state index >= 15 is 0 Å². The van der Waals surface area contributed by atoms with Crippen molar-refractivity contribution in [3.05, 3.63) is 54.6 Å². The minimum Gasteiger partial charge on any atom is -0.103 e. The first-order valence-corrected chi connectivity index (χ1v) is 3.66. The van der Waals surface area contributed by atoms with Crippen molar-refractivity contribution in [1.29, 1.82) is 0 Å². The highest BCUT2D eigenvalue weighted by Gasteiger charge is 1.80. The summed E-state index contributed by atoms with van der Waals surface area (Å²) >= 11 is 0. The minimum atomic E-state index is 0.814. The molecule has 0 aliphatic heterocycles. The molecular formula is C11H11. The van der Waals surface area contributed by atoms with Crippen LogP contribution in [0.25, 0.3) is 6.08 Å². The molecule has 0 spiro atoms. The Hall–Kier alpha value is -1.30. The lowest BCUT2D eigenvalue weighted by atomic mass is 10.2. The van der Waals surface area contributed by atoms with Crippen LogP contribution in [-0.4, -0.2) is 0 Å². The van der Waals surface area contributed by atoms with Gasteiger partial charge in [-0.3, -0.25) is 0 Å². The summed E-state index contributed by atoms with van der Waals surface area (Å²) < 4.78 is 0. The second-order valence-electron chi connectivity index (χ2n) is 2.25. The topological polar surface area (TPSA) is 0 Å². The molecular weight excluding hydrogens is 132 g/mol. The molecule has 55 valence electrons. The maximum absolute atomic E-state index is 3.61. The Morgan fingerprint density at radius 1 is 1.27 bits per heavy atom. The van der Waals surface area contributed by atoms with Gasteiger partial charge in [0.15, 0.2) is 0 Å². The first-order valence-electron chi connectivity index (χ1n) is 3.66. The fourth-order valence-electron chi connectivity index (χ4n) is 0.809. The maximum Gasteiger partial charge on any atom is -0.00971 e. The van der Waals surface area contributed by atoms with E-state index in [0.29, 0.717) is 0 Å². The molecule has 11 heavy (non-hydrogen) atoms. The van der Waals surface area contributed by atoms with Crippen molar-refractivity contribution < 1.29 is 0 Å². The van der Waals surface area contributed by atoms with Gasteiger partial charge in [0.05, 0.1) is 0 Å². The standard InChI is InChI=1S/C11H11/c1-2-3-5-8-11-9-6-4-7-10-11/h2,4,6-10H,1,3H2. The highest BCUT2D eigenvalue weighted by atomic mass is 13.9. The van der Waals surface area contributed by atoms with Crippen molar-refractivity contribution in [2.75, 3.05) is 0 Å². The second-order valence-corrected chi connectivity index (χ2v) is 2.25. The average molecular weight is 143 g/mol. The fraction of sp³-hybridized carbons (Fsp3) is 0.0909. The van der Waals surface area contributed by atoms with Crippen molar-refractivity contribution in [1.82, 2.24) is 0 Å². The Morgan fingerprint density at radius 2 is 2.00 bits per heavy atom. The van der Waals surface area contributed by atoms with Gasteiger partial charge in [0.2, 0.25) is 0 Å². The van der Waals surface area contributed by atoms with Gasteiger partial charge in [-0.15, -0.1) is 6.58 Å². The molecule has 0 aliphatic carbocycles. The van der Waals surface area contributed by atoms with Gasteiger partial charge in [0.25, 0.3) is 0 Å². The highest BCUT2D eigenvalue weighted by molar-refractivity contribution is 5.46. The van der Waals surface area contributed by atoms with Crippen LogP contribution in [-0.2, 0) is 0 Å². The monoisotopic (exact) mass is 143 g/mol. The van der Waals surface area contributed by atoms with Crippen LogP contribution in [0.3, 0.4) is 0 Å². The summed E-state index contributed by atoms with van der Waals surface area (Å²) in [5.41, 5.74) is 1.19. The van der Waals surface area contributed by atoms with Crippen LogP contribution in [0.4, 0.5) is 0 Å². The molecule has 0 fully saturated rings. The average Bonchev–Trinajstić information content (AvgIpc) is 2.07. The first-order chi connectivity index (χ1) is 5.43. The third-order valence-corrected chi connectivity index (χ3v) is 1.33. The van der Waals surface area contributed by atoms with Crippen molar-refractivity contribution in [2.45, 2.75) is 6.42 Å². The second kappa shape index (κ2) is 4.51. The maximum atomic E-state index is 3.61. The summed E-state index contributed by atoms with van der Waals surface area (Å²) in [5, 5.41) is 0. The van der Waals surface area contributed by atoms with E-state index in [1.165, 1.54) is 5.56 Å². The summed E-state index contributed by atoms with van der Waals surface area (Å²) in [6, 6.07) is 10.1. The van der Waals surface area contributed by atoms with Gasteiger partial charge in [0, 0.05) is 0 Å². The Bertz CT molecular complexity index is 231. The molecule has 1 aromatic rings. The van der Waals surface area contributed by atoms with E-state index in [2.05, 4.69) is 24.8 Å². The van der Waals surface area contributed by atoms with Gasteiger partial charge < -0.3 is 0 Å². The van der Waals surface area contributed by atoms with E-state index in [1.807, 2.05) is 30.4 Å². The van der Waals surface area contributed by atoms with E-state index in [9.17, 15) is 0 Å². The highest BCUT2D eigenvalue weighted by Crippen LogP contribution is 2.00. The quantitative estimate of drug-likeness (QED) is 0.570. The zero-order valence-corrected chi connectivity index (χ0v) is 6.46. The third kappa shape index (κ3) is 2.85. The number of hydrogen-bond donors (Lipinski definition) is 0. The minimum absolute atomic E-state index is 0.814. The summed E-state index contributed by atoms with van der Waals surface area (Å²) in [6.45, 7) is 3.61. The molecule has 1 rings (SSSR count). The number of benzene rings is 1.